The lowest BCUT2D eigenvalue weighted by molar-refractivity contribution is 0.0886. The van der Waals surface area contributed by atoms with Gasteiger partial charge in [-0.2, -0.15) is 5.10 Å². The van der Waals surface area contributed by atoms with Crippen molar-refractivity contribution >= 4 is 11.6 Å². The fourth-order valence-electron chi connectivity index (χ4n) is 2.02. The Kier molecular flexibility index (Phi) is 2.61. The third kappa shape index (κ3) is 2.03. The van der Waals surface area contributed by atoms with E-state index in [1.54, 1.807) is 17.9 Å². The number of nitrogens with two attached hydrogens (primary N) is 1. The number of carbonyl (C=O) groups is 1. The summed E-state index contributed by atoms with van der Waals surface area (Å²) in [5, 5.41) is 6.94. The Hall–Kier alpha value is -1.52. The number of nitrogen functional groups attached to an aromatic ring is 1. The van der Waals surface area contributed by atoms with Gasteiger partial charge in [0.25, 0.3) is 5.91 Å². The largest absolute Gasteiger partial charge is 0.396 e. The van der Waals surface area contributed by atoms with Crippen LogP contribution in [-0.2, 0) is 7.05 Å². The molecule has 5 nitrogen and oxygen atoms in total. The summed E-state index contributed by atoms with van der Waals surface area (Å²) in [6.07, 6.45) is 5.27. The van der Waals surface area contributed by atoms with E-state index >= 15 is 0 Å². The molecule has 0 aliphatic heterocycles. The first-order valence-corrected chi connectivity index (χ1v) is 5.57. The van der Waals surface area contributed by atoms with Gasteiger partial charge in [0.15, 0.2) is 5.69 Å². The van der Waals surface area contributed by atoms with Crippen LogP contribution >= 0.6 is 0 Å². The number of hydrogen-bond donors (Lipinski definition) is 2. The van der Waals surface area contributed by atoms with Crippen LogP contribution in [0.3, 0.4) is 0 Å². The van der Waals surface area contributed by atoms with Crippen molar-refractivity contribution in [1.82, 2.24) is 15.1 Å². The van der Waals surface area contributed by atoms with E-state index in [9.17, 15) is 4.79 Å². The first kappa shape index (κ1) is 11.0. The molecule has 1 aromatic heterocycles. The van der Waals surface area contributed by atoms with Gasteiger partial charge < -0.3 is 11.1 Å². The minimum atomic E-state index is -0.175. The van der Waals surface area contributed by atoms with E-state index in [0.717, 1.165) is 0 Å². The van der Waals surface area contributed by atoms with E-state index in [-0.39, 0.29) is 11.3 Å². The summed E-state index contributed by atoms with van der Waals surface area (Å²) in [5.74, 6) is -0.175. The van der Waals surface area contributed by atoms with Crippen molar-refractivity contribution in [3.05, 3.63) is 11.9 Å². The lowest BCUT2D eigenvalue weighted by Gasteiger charge is -2.38. The molecule has 1 heterocycles. The Balaban J connectivity index is 1.95. The van der Waals surface area contributed by atoms with E-state index in [0.29, 0.717) is 17.9 Å². The highest BCUT2D eigenvalue weighted by Crippen LogP contribution is 2.39. The number of aryl methyl sites for hydroxylation is 1. The molecule has 0 spiro atoms. The molecule has 1 fully saturated rings. The van der Waals surface area contributed by atoms with Crippen molar-refractivity contribution in [1.29, 1.82) is 0 Å². The summed E-state index contributed by atoms with van der Waals surface area (Å²) in [6.45, 7) is 2.90. The normalized spacial score (nSPS) is 17.9. The fourth-order valence-corrected chi connectivity index (χ4v) is 2.02. The van der Waals surface area contributed by atoms with Crippen molar-refractivity contribution in [3.8, 4) is 0 Å². The fraction of sp³-hybridized carbons (Fsp3) is 0.636. The molecular weight excluding hydrogens is 204 g/mol. The van der Waals surface area contributed by atoms with Gasteiger partial charge >= 0.3 is 0 Å². The second-order valence-corrected chi connectivity index (χ2v) is 4.95. The van der Waals surface area contributed by atoms with Crippen molar-refractivity contribution in [2.75, 3.05) is 12.3 Å². The van der Waals surface area contributed by atoms with Crippen LogP contribution in [0.5, 0.6) is 0 Å². The number of nitrogens with zero attached hydrogens (tertiary/aromatic N) is 2. The Morgan fingerprint density at radius 2 is 2.38 bits per heavy atom. The third-order valence-corrected chi connectivity index (χ3v) is 3.31. The first-order chi connectivity index (χ1) is 7.50. The molecule has 0 atom stereocenters. The van der Waals surface area contributed by atoms with Gasteiger partial charge in [-0.15, -0.1) is 0 Å². The maximum Gasteiger partial charge on any atom is 0.273 e. The Labute approximate surface area is 95.0 Å². The third-order valence-electron chi connectivity index (χ3n) is 3.31. The summed E-state index contributed by atoms with van der Waals surface area (Å²) in [7, 11) is 1.75. The van der Waals surface area contributed by atoms with Crippen molar-refractivity contribution in [2.45, 2.75) is 26.2 Å². The highest BCUT2D eigenvalue weighted by molar-refractivity contribution is 5.96. The van der Waals surface area contributed by atoms with Gasteiger partial charge in [0.1, 0.15) is 0 Å². The minimum Gasteiger partial charge on any atom is -0.396 e. The molecule has 0 aromatic carbocycles. The Morgan fingerprint density at radius 1 is 1.69 bits per heavy atom. The minimum absolute atomic E-state index is 0.175. The van der Waals surface area contributed by atoms with Crippen LogP contribution in [0.25, 0.3) is 0 Å². The van der Waals surface area contributed by atoms with E-state index in [1.165, 1.54) is 19.3 Å². The second kappa shape index (κ2) is 3.81. The number of hydrogen-bond acceptors (Lipinski definition) is 3. The number of anilines is 1. The molecule has 5 heteroatoms. The number of amides is 1. The van der Waals surface area contributed by atoms with Crippen LogP contribution in [0.15, 0.2) is 6.20 Å². The molecule has 3 N–H and O–H groups in total. The highest BCUT2D eigenvalue weighted by atomic mass is 16.2. The van der Waals surface area contributed by atoms with Crippen LogP contribution in [0.1, 0.15) is 36.7 Å². The predicted molar refractivity (Wildman–Crippen MR) is 61.9 cm³/mol. The van der Waals surface area contributed by atoms with E-state index in [1.807, 2.05) is 0 Å². The number of carbonyl (C=O) groups excluding carboxylic acids is 1. The molecule has 0 radical (unpaired) electrons. The topological polar surface area (TPSA) is 72.9 Å². The lowest BCUT2D eigenvalue weighted by Crippen LogP contribution is -2.40. The van der Waals surface area contributed by atoms with Crippen LogP contribution in [0.4, 0.5) is 5.69 Å². The van der Waals surface area contributed by atoms with Gasteiger partial charge in [-0.05, 0) is 18.3 Å². The van der Waals surface area contributed by atoms with Crippen LogP contribution in [0.2, 0.25) is 0 Å². The summed E-state index contributed by atoms with van der Waals surface area (Å²) in [4.78, 5) is 11.8. The molecule has 2 rings (SSSR count). The molecular formula is C11H18N4O. The molecule has 0 unspecified atom stereocenters. The van der Waals surface area contributed by atoms with Gasteiger partial charge in [0.05, 0.1) is 5.69 Å². The number of nitrogens with one attached hydrogen (secondary N) is 1. The number of aromatic nitrogens is 2. The molecule has 0 saturated heterocycles. The van der Waals surface area contributed by atoms with Gasteiger partial charge in [0.2, 0.25) is 0 Å². The summed E-state index contributed by atoms with van der Waals surface area (Å²) >= 11 is 0. The molecule has 16 heavy (non-hydrogen) atoms. The average molecular weight is 222 g/mol. The van der Waals surface area contributed by atoms with Crippen molar-refractivity contribution in [2.24, 2.45) is 12.5 Å². The molecule has 1 amide bonds. The molecule has 0 bridgehead atoms. The Morgan fingerprint density at radius 3 is 2.81 bits per heavy atom. The van der Waals surface area contributed by atoms with Crippen molar-refractivity contribution < 1.29 is 4.79 Å². The Bertz CT molecular complexity index is 406. The highest BCUT2D eigenvalue weighted by Gasteiger charge is 2.32. The molecule has 1 aliphatic carbocycles. The molecule has 1 saturated carbocycles. The van der Waals surface area contributed by atoms with Crippen molar-refractivity contribution in [3.63, 3.8) is 0 Å². The van der Waals surface area contributed by atoms with Gasteiger partial charge in [-0.25, -0.2) is 0 Å². The van der Waals surface area contributed by atoms with Gasteiger partial charge in [-0.1, -0.05) is 13.3 Å². The number of rotatable bonds is 3. The van der Waals surface area contributed by atoms with Crippen LogP contribution < -0.4 is 11.1 Å². The maximum absolute atomic E-state index is 11.8. The quantitative estimate of drug-likeness (QED) is 0.798. The predicted octanol–water partition coefficient (Wildman–Crippen LogP) is 0.922. The zero-order valence-corrected chi connectivity index (χ0v) is 9.79. The van der Waals surface area contributed by atoms with E-state index in [2.05, 4.69) is 17.3 Å². The smallest absolute Gasteiger partial charge is 0.273 e. The van der Waals surface area contributed by atoms with Gasteiger partial charge in [-0.3, -0.25) is 9.48 Å². The standard InChI is InChI=1S/C11H18N4O/c1-11(4-3-5-11)7-13-10(16)9-8(12)6-15(2)14-9/h6H,3-5,7,12H2,1-2H3,(H,13,16). The SMILES string of the molecule is Cn1cc(N)c(C(=O)NCC2(C)CCC2)n1. The summed E-state index contributed by atoms with van der Waals surface area (Å²) < 4.78 is 1.55. The lowest BCUT2D eigenvalue weighted by atomic mass is 9.70. The summed E-state index contributed by atoms with van der Waals surface area (Å²) in [5.41, 5.74) is 6.71. The van der Waals surface area contributed by atoms with Crippen LogP contribution in [0, 0.1) is 5.41 Å². The molecule has 1 aromatic rings. The van der Waals surface area contributed by atoms with E-state index in [4.69, 9.17) is 5.73 Å². The zero-order chi connectivity index (χ0) is 11.8. The van der Waals surface area contributed by atoms with Gasteiger partial charge in [0, 0.05) is 19.8 Å². The first-order valence-electron chi connectivity index (χ1n) is 5.57. The second-order valence-electron chi connectivity index (χ2n) is 4.95. The van der Waals surface area contributed by atoms with E-state index < -0.39 is 0 Å². The maximum atomic E-state index is 11.8. The molecule has 1 aliphatic rings. The monoisotopic (exact) mass is 222 g/mol. The zero-order valence-electron chi connectivity index (χ0n) is 9.79. The van der Waals surface area contributed by atoms with Crippen LogP contribution in [-0.4, -0.2) is 22.2 Å². The molecule has 88 valence electrons. The average Bonchev–Trinajstić information content (AvgIpc) is 2.51. The summed E-state index contributed by atoms with van der Waals surface area (Å²) in [6, 6.07) is 0.